The summed E-state index contributed by atoms with van der Waals surface area (Å²) in [6.45, 7) is 8.82. The van der Waals surface area contributed by atoms with Crippen LogP contribution in [0.1, 0.15) is 55.6 Å². The summed E-state index contributed by atoms with van der Waals surface area (Å²) in [5.74, 6) is -0.150. The van der Waals surface area contributed by atoms with Gasteiger partial charge < -0.3 is 20.7 Å². The number of nitrogens with zero attached hydrogens (tertiary/aromatic N) is 4. The number of pyridine rings is 1. The fourth-order valence-electron chi connectivity index (χ4n) is 3.98. The SMILES string of the molecule is Cc1ccc(NC(=O)c2cc(-c3cnn(C4CCN(C(=O)OC(C)(C)C)CC4)c3)cnc2N)cc1. The van der Waals surface area contributed by atoms with Crippen molar-refractivity contribution in [2.75, 3.05) is 24.1 Å². The number of hydrogen-bond donors (Lipinski definition) is 2. The van der Waals surface area contributed by atoms with E-state index in [0.29, 0.717) is 24.3 Å². The molecule has 4 rings (SSSR count). The van der Waals surface area contributed by atoms with Crippen molar-refractivity contribution in [1.82, 2.24) is 19.7 Å². The van der Waals surface area contributed by atoms with Gasteiger partial charge in [0.05, 0.1) is 17.8 Å². The summed E-state index contributed by atoms with van der Waals surface area (Å²) in [7, 11) is 0. The van der Waals surface area contributed by atoms with E-state index in [4.69, 9.17) is 10.5 Å². The van der Waals surface area contributed by atoms with Gasteiger partial charge >= 0.3 is 6.09 Å². The average Bonchev–Trinajstić information content (AvgIpc) is 3.30. The maximum Gasteiger partial charge on any atom is 0.410 e. The number of nitrogen functional groups attached to an aromatic ring is 1. The van der Waals surface area contributed by atoms with Gasteiger partial charge in [-0.25, -0.2) is 9.78 Å². The molecule has 1 aromatic carbocycles. The zero-order chi connectivity index (χ0) is 25.2. The van der Waals surface area contributed by atoms with E-state index in [0.717, 1.165) is 29.5 Å². The summed E-state index contributed by atoms with van der Waals surface area (Å²) in [6, 6.07) is 9.46. The van der Waals surface area contributed by atoms with E-state index >= 15 is 0 Å². The number of likely N-dealkylation sites (tertiary alicyclic amines) is 1. The highest BCUT2D eigenvalue weighted by molar-refractivity contribution is 6.07. The third kappa shape index (κ3) is 5.98. The molecule has 0 bridgehead atoms. The molecule has 9 heteroatoms. The van der Waals surface area contributed by atoms with Crippen molar-refractivity contribution in [3.05, 3.63) is 60.0 Å². The van der Waals surface area contributed by atoms with Crippen molar-refractivity contribution in [3.63, 3.8) is 0 Å². The van der Waals surface area contributed by atoms with Crippen molar-refractivity contribution in [3.8, 4) is 11.1 Å². The van der Waals surface area contributed by atoms with Crippen molar-refractivity contribution in [2.45, 2.75) is 52.2 Å². The number of carbonyl (C=O) groups is 2. The summed E-state index contributed by atoms with van der Waals surface area (Å²) in [4.78, 5) is 31.1. The molecule has 1 aliphatic heterocycles. The average molecular weight is 477 g/mol. The topological polar surface area (TPSA) is 115 Å². The van der Waals surface area contributed by atoms with Gasteiger partial charge in [0.1, 0.15) is 11.4 Å². The second kappa shape index (κ2) is 9.77. The van der Waals surface area contributed by atoms with Crippen LogP contribution < -0.4 is 11.1 Å². The minimum absolute atomic E-state index is 0.167. The van der Waals surface area contributed by atoms with Crippen LogP contribution in [-0.4, -0.2) is 50.4 Å². The van der Waals surface area contributed by atoms with Crippen molar-refractivity contribution >= 4 is 23.5 Å². The Hall–Kier alpha value is -3.88. The molecule has 184 valence electrons. The molecule has 1 saturated heterocycles. The Kier molecular flexibility index (Phi) is 6.77. The van der Waals surface area contributed by atoms with Gasteiger partial charge in [0.2, 0.25) is 0 Å². The Morgan fingerprint density at radius 3 is 2.43 bits per heavy atom. The normalized spacial score (nSPS) is 14.6. The van der Waals surface area contributed by atoms with Crippen LogP contribution in [0, 0.1) is 6.92 Å². The lowest BCUT2D eigenvalue weighted by atomic mass is 10.1. The highest BCUT2D eigenvalue weighted by Gasteiger charge is 2.28. The van der Waals surface area contributed by atoms with E-state index < -0.39 is 5.60 Å². The van der Waals surface area contributed by atoms with Crippen LogP contribution >= 0.6 is 0 Å². The van der Waals surface area contributed by atoms with Crippen molar-refractivity contribution in [1.29, 1.82) is 0 Å². The Morgan fingerprint density at radius 1 is 1.09 bits per heavy atom. The lowest BCUT2D eigenvalue weighted by molar-refractivity contribution is 0.0184. The number of nitrogens with two attached hydrogens (primary N) is 1. The molecule has 2 aromatic heterocycles. The van der Waals surface area contributed by atoms with Crippen LogP contribution in [0.4, 0.5) is 16.3 Å². The van der Waals surface area contributed by atoms with E-state index in [1.54, 1.807) is 23.4 Å². The summed E-state index contributed by atoms with van der Waals surface area (Å²) < 4.78 is 7.40. The summed E-state index contributed by atoms with van der Waals surface area (Å²) in [5, 5.41) is 7.41. The maximum absolute atomic E-state index is 12.8. The first kappa shape index (κ1) is 24.3. The third-order valence-electron chi connectivity index (χ3n) is 5.90. The van der Waals surface area contributed by atoms with Gasteiger partial charge in [-0.15, -0.1) is 0 Å². The number of aromatic nitrogens is 3. The van der Waals surface area contributed by atoms with E-state index in [2.05, 4.69) is 15.4 Å². The molecule has 3 heterocycles. The van der Waals surface area contributed by atoms with Crippen LogP contribution in [0.15, 0.2) is 48.9 Å². The monoisotopic (exact) mass is 476 g/mol. The first-order valence-electron chi connectivity index (χ1n) is 11.7. The molecule has 0 radical (unpaired) electrons. The second-order valence-electron chi connectivity index (χ2n) is 9.88. The first-order valence-corrected chi connectivity index (χ1v) is 11.7. The summed E-state index contributed by atoms with van der Waals surface area (Å²) in [6.07, 6.45) is 6.64. The number of amides is 2. The number of anilines is 2. The zero-order valence-corrected chi connectivity index (χ0v) is 20.6. The van der Waals surface area contributed by atoms with E-state index in [1.165, 1.54) is 0 Å². The Morgan fingerprint density at radius 2 is 1.77 bits per heavy atom. The van der Waals surface area contributed by atoms with Gasteiger partial charge in [-0.3, -0.25) is 9.48 Å². The molecule has 9 nitrogen and oxygen atoms in total. The van der Waals surface area contributed by atoms with Crippen LogP contribution in [0.3, 0.4) is 0 Å². The predicted molar refractivity (Wildman–Crippen MR) is 135 cm³/mol. The van der Waals surface area contributed by atoms with Crippen LogP contribution in [0.25, 0.3) is 11.1 Å². The number of nitrogens with one attached hydrogen (secondary N) is 1. The van der Waals surface area contributed by atoms with E-state index in [-0.39, 0.29) is 23.9 Å². The molecule has 3 N–H and O–H groups in total. The molecular formula is C26H32N6O3. The lowest BCUT2D eigenvalue weighted by Gasteiger charge is -2.33. The fourth-order valence-corrected chi connectivity index (χ4v) is 3.98. The highest BCUT2D eigenvalue weighted by Crippen LogP contribution is 2.27. The fraction of sp³-hybridized carbons (Fsp3) is 0.385. The third-order valence-corrected chi connectivity index (χ3v) is 5.90. The second-order valence-corrected chi connectivity index (χ2v) is 9.88. The molecule has 0 atom stereocenters. The lowest BCUT2D eigenvalue weighted by Crippen LogP contribution is -2.42. The molecule has 0 aliphatic carbocycles. The number of carbonyl (C=O) groups excluding carboxylic acids is 2. The number of hydrogen-bond acceptors (Lipinski definition) is 6. The number of aryl methyl sites for hydroxylation is 1. The number of rotatable bonds is 4. The van der Waals surface area contributed by atoms with Gasteiger partial charge in [0.15, 0.2) is 0 Å². The molecule has 0 spiro atoms. The maximum atomic E-state index is 12.8. The standard InChI is InChI=1S/C26H32N6O3/c1-17-5-7-20(8-6-17)30-24(33)22-13-18(14-28-23(22)27)19-15-29-32(16-19)21-9-11-31(12-10-21)25(34)35-26(2,3)4/h5-8,13-16,21H,9-12H2,1-4H3,(H2,27,28)(H,30,33). The smallest absolute Gasteiger partial charge is 0.410 e. The van der Waals surface area contributed by atoms with Gasteiger partial charge in [-0.2, -0.15) is 5.10 Å². The van der Waals surface area contributed by atoms with Crippen molar-refractivity contribution in [2.24, 2.45) is 0 Å². The van der Waals surface area contributed by atoms with Gasteiger partial charge in [-0.05, 0) is 58.7 Å². The van der Waals surface area contributed by atoms with E-state index in [1.807, 2.05) is 62.8 Å². The Balaban J connectivity index is 1.43. The van der Waals surface area contributed by atoms with Crippen LogP contribution in [0.2, 0.25) is 0 Å². The molecular weight excluding hydrogens is 444 g/mol. The quantitative estimate of drug-likeness (QED) is 0.566. The minimum Gasteiger partial charge on any atom is -0.444 e. The van der Waals surface area contributed by atoms with Crippen LogP contribution in [0.5, 0.6) is 0 Å². The number of piperidine rings is 1. The van der Waals surface area contributed by atoms with Gasteiger partial charge in [0, 0.05) is 42.3 Å². The molecule has 1 aliphatic rings. The first-order chi connectivity index (χ1) is 16.6. The summed E-state index contributed by atoms with van der Waals surface area (Å²) in [5.41, 5.74) is 9.21. The van der Waals surface area contributed by atoms with Gasteiger partial charge in [-0.1, -0.05) is 17.7 Å². The number of benzene rings is 1. The van der Waals surface area contributed by atoms with Gasteiger partial charge in [0.25, 0.3) is 5.91 Å². The Bertz CT molecular complexity index is 1200. The minimum atomic E-state index is -0.506. The molecule has 0 unspecified atom stereocenters. The van der Waals surface area contributed by atoms with Crippen LogP contribution in [-0.2, 0) is 4.74 Å². The largest absolute Gasteiger partial charge is 0.444 e. The Labute approximate surface area is 205 Å². The molecule has 35 heavy (non-hydrogen) atoms. The predicted octanol–water partition coefficient (Wildman–Crippen LogP) is 4.66. The van der Waals surface area contributed by atoms with Crippen molar-refractivity contribution < 1.29 is 14.3 Å². The highest BCUT2D eigenvalue weighted by atomic mass is 16.6. The molecule has 0 saturated carbocycles. The summed E-state index contributed by atoms with van der Waals surface area (Å²) >= 11 is 0. The van der Waals surface area contributed by atoms with E-state index in [9.17, 15) is 9.59 Å². The molecule has 1 fully saturated rings. The number of ether oxygens (including phenoxy) is 1. The molecule has 3 aromatic rings. The zero-order valence-electron chi connectivity index (χ0n) is 20.6. The molecule has 2 amide bonds.